The van der Waals surface area contributed by atoms with Gasteiger partial charge in [-0.1, -0.05) is 6.07 Å². The highest BCUT2D eigenvalue weighted by molar-refractivity contribution is 6.04. The summed E-state index contributed by atoms with van der Waals surface area (Å²) >= 11 is 0. The molecule has 0 radical (unpaired) electrons. The smallest absolute Gasteiger partial charge is 0.317 e. The Morgan fingerprint density at radius 1 is 1.13 bits per heavy atom. The molecule has 30 heavy (non-hydrogen) atoms. The summed E-state index contributed by atoms with van der Waals surface area (Å²) in [5, 5.41) is 8.18. The highest BCUT2D eigenvalue weighted by Gasteiger charge is 2.41. The zero-order valence-electron chi connectivity index (χ0n) is 16.4. The van der Waals surface area contributed by atoms with Gasteiger partial charge in [0.25, 0.3) is 0 Å². The van der Waals surface area contributed by atoms with Gasteiger partial charge in [0.1, 0.15) is 12.5 Å². The van der Waals surface area contributed by atoms with Crippen molar-refractivity contribution in [3.05, 3.63) is 64.1 Å². The van der Waals surface area contributed by atoms with Crippen LogP contribution in [0.4, 0.5) is 14.9 Å². The monoisotopic (exact) mass is 407 g/mol. The van der Waals surface area contributed by atoms with E-state index in [0.717, 1.165) is 16.3 Å². The van der Waals surface area contributed by atoms with Crippen LogP contribution in [0.15, 0.2) is 46.4 Å². The number of urea groups is 1. The van der Waals surface area contributed by atoms with Gasteiger partial charge >= 0.3 is 6.03 Å². The number of likely N-dealkylation sites (tertiary alicyclic amines) is 1. The van der Waals surface area contributed by atoms with Crippen LogP contribution in [0.3, 0.4) is 0 Å². The Bertz CT molecular complexity index is 1150. The van der Waals surface area contributed by atoms with Crippen LogP contribution in [0.25, 0.3) is 0 Å². The molecule has 5 rings (SSSR count). The Labute approximate surface area is 172 Å². The number of amides is 2. The summed E-state index contributed by atoms with van der Waals surface area (Å²) in [7, 11) is 0. The van der Waals surface area contributed by atoms with Crippen LogP contribution in [-0.2, 0) is 6.54 Å². The van der Waals surface area contributed by atoms with Gasteiger partial charge in [-0.25, -0.2) is 9.18 Å². The molecule has 3 aliphatic rings. The number of nitrogens with zero attached hydrogens (tertiary/aromatic N) is 3. The minimum Gasteiger partial charge on any atom is -0.378 e. The number of rotatable bonds is 2. The van der Waals surface area contributed by atoms with Crippen LogP contribution in [0.5, 0.6) is 0 Å². The lowest BCUT2D eigenvalue weighted by Crippen LogP contribution is -2.55. The van der Waals surface area contributed by atoms with Crippen molar-refractivity contribution in [2.75, 3.05) is 25.1 Å². The van der Waals surface area contributed by atoms with E-state index in [4.69, 9.17) is 0 Å². The van der Waals surface area contributed by atoms with Gasteiger partial charge in [-0.05, 0) is 48.7 Å². The van der Waals surface area contributed by atoms with Crippen molar-refractivity contribution in [2.24, 2.45) is 9.98 Å². The molecule has 0 unspecified atom stereocenters. The average Bonchev–Trinajstić information content (AvgIpc) is 3.21. The predicted molar refractivity (Wildman–Crippen MR) is 108 cm³/mol. The number of anilines is 1. The molecule has 2 aromatic carbocycles. The first-order valence-corrected chi connectivity index (χ1v) is 10.1. The van der Waals surface area contributed by atoms with Crippen LogP contribution >= 0.6 is 0 Å². The van der Waals surface area contributed by atoms with Crippen molar-refractivity contribution >= 4 is 17.5 Å². The molecule has 154 valence electrons. The topological polar surface area (TPSA) is 86.2 Å². The molecular weight excluding hydrogens is 385 g/mol. The highest BCUT2D eigenvalue weighted by atomic mass is 19.1. The van der Waals surface area contributed by atoms with E-state index in [1.165, 1.54) is 12.1 Å². The molecule has 3 aliphatic heterocycles. The van der Waals surface area contributed by atoms with Crippen molar-refractivity contribution in [3.8, 4) is 0 Å². The second kappa shape index (κ2) is 7.19. The van der Waals surface area contributed by atoms with Gasteiger partial charge < -0.3 is 15.5 Å². The molecule has 8 heteroatoms. The number of Topliss-reactive ketones (excluding diaryl/α,β-unsaturated/α-hetero) is 1. The van der Waals surface area contributed by atoms with E-state index < -0.39 is 5.82 Å². The van der Waals surface area contributed by atoms with Gasteiger partial charge in [-0.2, -0.15) is 0 Å². The summed E-state index contributed by atoms with van der Waals surface area (Å²) in [6, 6.07) is 9.99. The van der Waals surface area contributed by atoms with Crippen LogP contribution < -0.4 is 21.3 Å². The lowest BCUT2D eigenvalue weighted by Gasteiger charge is -2.45. The zero-order valence-corrected chi connectivity index (χ0v) is 16.4. The molecule has 2 aromatic rings. The molecule has 2 N–H and O–H groups in total. The number of ketones is 1. The van der Waals surface area contributed by atoms with E-state index in [1.807, 2.05) is 18.2 Å². The van der Waals surface area contributed by atoms with E-state index in [0.29, 0.717) is 56.8 Å². The number of hydrogen-bond acceptors (Lipinski definition) is 5. The largest absolute Gasteiger partial charge is 0.378 e. The third-order valence-electron chi connectivity index (χ3n) is 6.15. The van der Waals surface area contributed by atoms with Gasteiger partial charge in [0.15, 0.2) is 5.78 Å². The molecule has 0 bridgehead atoms. The van der Waals surface area contributed by atoms with Gasteiger partial charge in [0.05, 0.1) is 10.7 Å². The number of benzene rings is 2. The van der Waals surface area contributed by atoms with E-state index in [2.05, 4.69) is 20.6 Å². The van der Waals surface area contributed by atoms with Crippen LogP contribution in [0.2, 0.25) is 0 Å². The minimum absolute atomic E-state index is 0.0464. The summed E-state index contributed by atoms with van der Waals surface area (Å²) in [6.07, 6.45) is 1.66. The molecular formula is C22H22FN5O2. The number of fused-ring (bicyclic) bond motifs is 2. The van der Waals surface area contributed by atoms with Gasteiger partial charge in [0, 0.05) is 42.8 Å². The number of hydrogen-bond donors (Lipinski definition) is 2. The summed E-state index contributed by atoms with van der Waals surface area (Å²) in [5.41, 5.74) is 1.71. The Morgan fingerprint density at radius 2 is 1.93 bits per heavy atom. The first-order chi connectivity index (χ1) is 14.5. The number of piperidine rings is 1. The maximum absolute atomic E-state index is 13.5. The van der Waals surface area contributed by atoms with Crippen LogP contribution in [0, 0.1) is 5.82 Å². The number of carbonyl (C=O) groups is 2. The molecule has 0 aromatic heterocycles. The maximum atomic E-state index is 13.5. The predicted octanol–water partition coefficient (Wildman–Crippen LogP) is 1.78. The van der Waals surface area contributed by atoms with Crippen molar-refractivity contribution in [3.63, 3.8) is 0 Å². The maximum Gasteiger partial charge on any atom is 0.317 e. The minimum atomic E-state index is -0.405. The van der Waals surface area contributed by atoms with E-state index in [9.17, 15) is 14.0 Å². The summed E-state index contributed by atoms with van der Waals surface area (Å²) in [4.78, 5) is 35.5. The molecule has 1 spiro atoms. The highest BCUT2D eigenvalue weighted by Crippen LogP contribution is 2.37. The van der Waals surface area contributed by atoms with Gasteiger partial charge in [-0.3, -0.25) is 14.8 Å². The van der Waals surface area contributed by atoms with Crippen molar-refractivity contribution in [1.29, 1.82) is 0 Å². The van der Waals surface area contributed by atoms with Crippen molar-refractivity contribution in [2.45, 2.75) is 31.3 Å². The quantitative estimate of drug-likeness (QED) is 0.796. The normalized spacial score (nSPS) is 18.7. The lowest BCUT2D eigenvalue weighted by molar-refractivity contribution is 0.0915. The summed E-state index contributed by atoms with van der Waals surface area (Å²) < 4.78 is 13.5. The molecule has 1 saturated heterocycles. The molecule has 3 heterocycles. The Kier molecular flexibility index (Phi) is 4.49. The second-order valence-electron chi connectivity index (χ2n) is 8.12. The van der Waals surface area contributed by atoms with Crippen LogP contribution in [-0.4, -0.2) is 42.0 Å². The SMILES string of the molecule is O=C1CC2(CCN(C(=O)NCc3ccc4c(c3)=NCN=4)CC2)Nc2ccc(F)cc21. The van der Waals surface area contributed by atoms with Crippen molar-refractivity contribution < 1.29 is 14.0 Å². The lowest BCUT2D eigenvalue weighted by atomic mass is 9.78. The molecule has 1 fully saturated rings. The fourth-order valence-electron chi connectivity index (χ4n) is 4.44. The second-order valence-corrected chi connectivity index (χ2v) is 8.12. The Balaban J connectivity index is 1.20. The molecule has 0 atom stereocenters. The van der Waals surface area contributed by atoms with Crippen molar-refractivity contribution in [1.82, 2.24) is 10.2 Å². The third kappa shape index (κ3) is 3.42. The fraction of sp³-hybridized carbons (Fsp3) is 0.364. The average molecular weight is 407 g/mol. The standard InChI is InChI=1S/C22H22FN5O2/c23-15-2-4-17-16(10-15)20(29)11-22(27-17)5-7-28(8-6-22)21(30)24-12-14-1-3-18-19(9-14)26-13-25-18/h1-4,9-10,27H,5-8,11-13H2,(H,24,30). The number of halogens is 1. The van der Waals surface area contributed by atoms with E-state index in [1.54, 1.807) is 11.0 Å². The first-order valence-electron chi connectivity index (χ1n) is 10.1. The molecule has 2 amide bonds. The fourth-order valence-corrected chi connectivity index (χ4v) is 4.44. The van der Waals surface area contributed by atoms with Gasteiger partial charge in [-0.15, -0.1) is 0 Å². The molecule has 0 aliphatic carbocycles. The number of nitrogens with one attached hydrogen (secondary N) is 2. The first kappa shape index (κ1) is 18.7. The van der Waals surface area contributed by atoms with E-state index in [-0.39, 0.29) is 17.4 Å². The zero-order chi connectivity index (χ0) is 20.7. The number of carbonyl (C=O) groups excluding carboxylic acids is 2. The van der Waals surface area contributed by atoms with Gasteiger partial charge in [0.2, 0.25) is 0 Å². The summed E-state index contributed by atoms with van der Waals surface area (Å²) in [5.74, 6) is -0.451. The third-order valence-corrected chi connectivity index (χ3v) is 6.15. The van der Waals surface area contributed by atoms with Crippen LogP contribution in [0.1, 0.15) is 35.2 Å². The molecule has 0 saturated carbocycles. The van der Waals surface area contributed by atoms with E-state index >= 15 is 0 Å². The molecule has 7 nitrogen and oxygen atoms in total. The Hall–Kier alpha value is -3.29. The Morgan fingerprint density at radius 3 is 2.77 bits per heavy atom. The summed E-state index contributed by atoms with van der Waals surface area (Å²) in [6.45, 7) is 2.01.